The Bertz CT molecular complexity index is 3090. The molecule has 1 heterocycles. The first-order valence-corrected chi connectivity index (χ1v) is 18.3. The lowest BCUT2D eigenvalue weighted by Gasteiger charge is -2.32. The maximum atomic E-state index is 5.50. The highest BCUT2D eigenvalue weighted by molar-refractivity contribution is 6.12. The normalized spacial score (nSPS) is 13.4. The molecule has 2 heteroatoms. The molecule has 0 saturated carbocycles. The molecule has 0 atom stereocenters. The molecule has 0 radical (unpaired) electrons. The van der Waals surface area contributed by atoms with E-state index in [1.807, 2.05) is 0 Å². The fourth-order valence-corrected chi connectivity index (χ4v) is 9.78. The topological polar surface area (TPSA) is 25.8 Å². The van der Waals surface area contributed by atoms with Gasteiger partial charge in [-0.05, 0) is 77.5 Å². The van der Waals surface area contributed by atoms with Crippen molar-refractivity contribution >= 4 is 43.2 Å². The quantitative estimate of drug-likeness (QED) is 0.171. The molecule has 1 spiro atoms. The van der Waals surface area contributed by atoms with Crippen LogP contribution in [0, 0.1) is 0 Å². The van der Waals surface area contributed by atoms with Gasteiger partial charge in [-0.3, -0.25) is 0 Å². The van der Waals surface area contributed by atoms with Gasteiger partial charge in [0, 0.05) is 21.9 Å². The minimum Gasteiger partial charge on any atom is -0.227 e. The second kappa shape index (κ2) is 10.6. The molecule has 53 heavy (non-hydrogen) atoms. The lowest BCUT2D eigenvalue weighted by Crippen LogP contribution is -2.26. The lowest BCUT2D eigenvalue weighted by molar-refractivity contribution is 0.809. The van der Waals surface area contributed by atoms with E-state index >= 15 is 0 Å². The first kappa shape index (κ1) is 28.8. The highest BCUT2D eigenvalue weighted by Gasteiger charge is 2.53. The fourth-order valence-electron chi connectivity index (χ4n) is 9.78. The molecule has 0 unspecified atom stereocenters. The van der Waals surface area contributed by atoms with Crippen LogP contribution in [0.25, 0.3) is 88.1 Å². The zero-order valence-electron chi connectivity index (χ0n) is 28.7. The molecule has 244 valence electrons. The van der Waals surface area contributed by atoms with Gasteiger partial charge in [0.05, 0.1) is 16.6 Å². The van der Waals surface area contributed by atoms with Crippen LogP contribution in [0.4, 0.5) is 0 Å². The number of nitrogens with zero attached hydrogens (tertiary/aromatic N) is 2. The van der Waals surface area contributed by atoms with Crippen molar-refractivity contribution < 1.29 is 0 Å². The van der Waals surface area contributed by atoms with Crippen molar-refractivity contribution in [2.45, 2.75) is 5.41 Å². The van der Waals surface area contributed by atoms with E-state index in [9.17, 15) is 0 Å². The zero-order chi connectivity index (χ0) is 34.7. The van der Waals surface area contributed by atoms with Crippen molar-refractivity contribution in [2.75, 3.05) is 0 Å². The number of rotatable bonds is 2. The molecule has 1 aromatic heterocycles. The van der Waals surface area contributed by atoms with Gasteiger partial charge in [0.1, 0.15) is 0 Å². The van der Waals surface area contributed by atoms with Crippen LogP contribution in [0.2, 0.25) is 0 Å². The molecule has 0 amide bonds. The second-order valence-corrected chi connectivity index (χ2v) is 14.4. The summed E-state index contributed by atoms with van der Waals surface area (Å²) >= 11 is 0. The average Bonchev–Trinajstić information content (AvgIpc) is 3.71. The standard InChI is InChI=1S/C51H30N2/c1-2-16-34(17-3-1)48-42-30-27-33-15-6-9-20-37(33)49(42)53-50(52-48)41-22-12-24-44-45(41)40-21-10-11-23-43(40)51(44)46-35-18-7-4-13-31(35)25-28-38(46)39-29-26-32-14-5-8-19-36(32)47(39)51/h1-30H. The highest BCUT2D eigenvalue weighted by Crippen LogP contribution is 2.66. The molecule has 0 saturated heterocycles. The number of hydrogen-bond donors (Lipinski definition) is 0. The minimum atomic E-state index is -0.542. The molecule has 2 aliphatic rings. The van der Waals surface area contributed by atoms with Crippen LogP contribution in [0.3, 0.4) is 0 Å². The first-order valence-electron chi connectivity index (χ1n) is 18.3. The van der Waals surface area contributed by atoms with Gasteiger partial charge < -0.3 is 0 Å². The van der Waals surface area contributed by atoms with E-state index in [2.05, 4.69) is 182 Å². The van der Waals surface area contributed by atoms with E-state index in [-0.39, 0.29) is 0 Å². The van der Waals surface area contributed by atoms with Crippen molar-refractivity contribution in [1.82, 2.24) is 9.97 Å². The van der Waals surface area contributed by atoms with Crippen molar-refractivity contribution in [3.8, 4) is 44.9 Å². The van der Waals surface area contributed by atoms with Gasteiger partial charge in [0.25, 0.3) is 0 Å². The lowest BCUT2D eigenvalue weighted by atomic mass is 9.68. The van der Waals surface area contributed by atoms with Crippen LogP contribution in [0.15, 0.2) is 182 Å². The molecule has 12 rings (SSSR count). The summed E-state index contributed by atoms with van der Waals surface area (Å²) in [7, 11) is 0. The van der Waals surface area contributed by atoms with Crippen molar-refractivity contribution in [1.29, 1.82) is 0 Å². The number of fused-ring (bicyclic) bond motifs is 17. The summed E-state index contributed by atoms with van der Waals surface area (Å²) in [6.07, 6.45) is 0. The Hall–Kier alpha value is -6.90. The van der Waals surface area contributed by atoms with Crippen molar-refractivity contribution in [3.63, 3.8) is 0 Å². The average molecular weight is 671 g/mol. The molecule has 0 N–H and O–H groups in total. The molecule has 0 bridgehead atoms. The predicted octanol–water partition coefficient (Wildman–Crippen LogP) is 12.8. The Morgan fingerprint density at radius 3 is 1.60 bits per heavy atom. The van der Waals surface area contributed by atoms with E-state index in [4.69, 9.17) is 9.97 Å². The zero-order valence-corrected chi connectivity index (χ0v) is 28.7. The Kier molecular flexibility index (Phi) is 5.73. The number of hydrogen-bond acceptors (Lipinski definition) is 2. The fraction of sp³-hybridized carbons (Fsp3) is 0.0196. The molecule has 2 aliphatic carbocycles. The molecule has 0 aliphatic heterocycles. The van der Waals surface area contributed by atoms with Crippen LogP contribution in [0.5, 0.6) is 0 Å². The molecular weight excluding hydrogens is 641 g/mol. The van der Waals surface area contributed by atoms with E-state index in [1.54, 1.807) is 0 Å². The second-order valence-electron chi connectivity index (χ2n) is 14.4. The van der Waals surface area contributed by atoms with Crippen LogP contribution in [-0.4, -0.2) is 9.97 Å². The third-order valence-corrected chi connectivity index (χ3v) is 11.8. The van der Waals surface area contributed by atoms with Gasteiger partial charge in [-0.25, -0.2) is 9.97 Å². The Morgan fingerprint density at radius 2 is 0.887 bits per heavy atom. The molecular formula is C51H30N2. The summed E-state index contributed by atoms with van der Waals surface area (Å²) in [6.45, 7) is 0. The minimum absolute atomic E-state index is 0.542. The van der Waals surface area contributed by atoms with E-state index in [1.165, 1.54) is 71.4 Å². The van der Waals surface area contributed by atoms with Crippen LogP contribution >= 0.6 is 0 Å². The molecule has 9 aromatic carbocycles. The highest BCUT2D eigenvalue weighted by atomic mass is 14.9. The van der Waals surface area contributed by atoms with E-state index < -0.39 is 5.41 Å². The predicted molar refractivity (Wildman–Crippen MR) is 219 cm³/mol. The smallest absolute Gasteiger partial charge is 0.161 e. The van der Waals surface area contributed by atoms with Gasteiger partial charge in [0.15, 0.2) is 5.82 Å². The van der Waals surface area contributed by atoms with Gasteiger partial charge >= 0.3 is 0 Å². The van der Waals surface area contributed by atoms with Gasteiger partial charge in [-0.15, -0.1) is 0 Å². The molecule has 2 nitrogen and oxygen atoms in total. The van der Waals surface area contributed by atoms with Crippen molar-refractivity contribution in [3.05, 3.63) is 204 Å². The molecule has 10 aromatic rings. The number of benzene rings is 9. The summed E-state index contributed by atoms with van der Waals surface area (Å²) in [5, 5.41) is 8.44. The van der Waals surface area contributed by atoms with Gasteiger partial charge in [-0.2, -0.15) is 0 Å². The number of aromatic nitrogens is 2. The Labute approximate surface area is 306 Å². The van der Waals surface area contributed by atoms with Gasteiger partial charge in [0.2, 0.25) is 0 Å². The van der Waals surface area contributed by atoms with E-state index in [0.717, 1.165) is 38.9 Å². The maximum absolute atomic E-state index is 5.50. The third kappa shape index (κ3) is 3.72. The monoisotopic (exact) mass is 670 g/mol. The van der Waals surface area contributed by atoms with Crippen molar-refractivity contribution in [2.24, 2.45) is 0 Å². The summed E-state index contributed by atoms with van der Waals surface area (Å²) in [4.78, 5) is 11.0. The summed E-state index contributed by atoms with van der Waals surface area (Å²) in [6, 6.07) is 66.5. The summed E-state index contributed by atoms with van der Waals surface area (Å²) < 4.78 is 0. The van der Waals surface area contributed by atoms with Crippen LogP contribution in [-0.2, 0) is 5.41 Å². The van der Waals surface area contributed by atoms with Gasteiger partial charge in [-0.1, -0.05) is 176 Å². The first-order chi connectivity index (χ1) is 26.3. The summed E-state index contributed by atoms with van der Waals surface area (Å²) in [5.41, 5.74) is 13.9. The largest absolute Gasteiger partial charge is 0.227 e. The molecule has 0 fully saturated rings. The van der Waals surface area contributed by atoms with Crippen LogP contribution < -0.4 is 0 Å². The maximum Gasteiger partial charge on any atom is 0.161 e. The SMILES string of the molecule is c1ccc(-c2nc(-c3cccc4c3-c3ccccc3C43c4c(ccc5ccccc45)-c4ccc5ccccc5c43)nc3c2ccc2ccccc23)cc1. The van der Waals surface area contributed by atoms with Crippen LogP contribution in [0.1, 0.15) is 22.3 Å². The Morgan fingerprint density at radius 1 is 0.340 bits per heavy atom. The Balaban J connectivity index is 1.25. The summed E-state index contributed by atoms with van der Waals surface area (Å²) in [5.74, 6) is 0.741. The van der Waals surface area contributed by atoms with E-state index in [0.29, 0.717) is 0 Å². The third-order valence-electron chi connectivity index (χ3n) is 11.8.